The number of aromatic nitrogens is 2. The predicted octanol–water partition coefficient (Wildman–Crippen LogP) is 3.12. The van der Waals surface area contributed by atoms with E-state index in [4.69, 9.17) is 11.6 Å². The first kappa shape index (κ1) is 10.7. The van der Waals surface area contributed by atoms with Crippen molar-refractivity contribution in [3.63, 3.8) is 0 Å². The van der Waals surface area contributed by atoms with E-state index in [9.17, 15) is 0 Å². The van der Waals surface area contributed by atoms with Crippen LogP contribution in [0.5, 0.6) is 0 Å². The van der Waals surface area contributed by atoms with Gasteiger partial charge in [0.25, 0.3) is 0 Å². The minimum absolute atomic E-state index is 0.311. The van der Waals surface area contributed by atoms with Gasteiger partial charge in [-0.15, -0.1) is 0 Å². The maximum atomic E-state index is 5.74. The van der Waals surface area contributed by atoms with Crippen LogP contribution in [-0.2, 0) is 0 Å². The molecule has 2 atom stereocenters. The van der Waals surface area contributed by atoms with E-state index >= 15 is 0 Å². The smallest absolute Gasteiger partial charge is 0.224 e. The Labute approximate surface area is 95.3 Å². The summed E-state index contributed by atoms with van der Waals surface area (Å²) in [6.45, 7) is 2.25. The molecule has 82 valence electrons. The highest BCUT2D eigenvalue weighted by Crippen LogP contribution is 2.30. The summed E-state index contributed by atoms with van der Waals surface area (Å²) in [4.78, 5) is 8.02. The molecule has 0 amide bonds. The summed E-state index contributed by atoms with van der Waals surface area (Å²) in [5.74, 6) is 1.62. The lowest BCUT2D eigenvalue weighted by Crippen LogP contribution is -2.23. The zero-order valence-corrected chi connectivity index (χ0v) is 9.67. The first-order valence-corrected chi connectivity index (χ1v) is 5.92. The SMILES string of the molecule is CCC1CCCC1Nc1ccnc(Cl)n1. The van der Waals surface area contributed by atoms with Crippen molar-refractivity contribution in [3.8, 4) is 0 Å². The highest BCUT2D eigenvalue weighted by molar-refractivity contribution is 6.28. The number of rotatable bonds is 3. The lowest BCUT2D eigenvalue weighted by atomic mass is 10.0. The number of anilines is 1. The Morgan fingerprint density at radius 1 is 1.53 bits per heavy atom. The predicted molar refractivity (Wildman–Crippen MR) is 62.1 cm³/mol. The van der Waals surface area contributed by atoms with E-state index in [1.807, 2.05) is 6.07 Å². The van der Waals surface area contributed by atoms with Gasteiger partial charge in [0.15, 0.2) is 0 Å². The average Bonchev–Trinajstić information content (AvgIpc) is 2.65. The zero-order valence-electron chi connectivity index (χ0n) is 8.91. The van der Waals surface area contributed by atoms with Gasteiger partial charge in [-0.1, -0.05) is 19.8 Å². The van der Waals surface area contributed by atoms with Crippen LogP contribution in [0.25, 0.3) is 0 Å². The Kier molecular flexibility index (Phi) is 3.41. The standard InChI is InChI=1S/C11H16ClN3/c1-2-8-4-3-5-9(8)14-10-6-7-13-11(12)15-10/h6-9H,2-5H2,1H3,(H,13,14,15). The average molecular weight is 226 g/mol. The van der Waals surface area contributed by atoms with E-state index in [1.165, 1.54) is 25.7 Å². The Morgan fingerprint density at radius 3 is 3.13 bits per heavy atom. The van der Waals surface area contributed by atoms with Crippen LogP contribution in [0.3, 0.4) is 0 Å². The zero-order chi connectivity index (χ0) is 10.7. The van der Waals surface area contributed by atoms with Crippen LogP contribution in [0.4, 0.5) is 5.82 Å². The second-order valence-electron chi connectivity index (χ2n) is 4.06. The van der Waals surface area contributed by atoms with E-state index in [1.54, 1.807) is 6.20 Å². The maximum absolute atomic E-state index is 5.74. The Morgan fingerprint density at radius 2 is 2.40 bits per heavy atom. The molecule has 0 bridgehead atoms. The van der Waals surface area contributed by atoms with E-state index in [-0.39, 0.29) is 0 Å². The molecule has 1 saturated carbocycles. The number of nitrogens with one attached hydrogen (secondary N) is 1. The number of halogens is 1. The van der Waals surface area contributed by atoms with E-state index in [2.05, 4.69) is 22.2 Å². The van der Waals surface area contributed by atoms with Crippen LogP contribution < -0.4 is 5.32 Å². The normalized spacial score (nSPS) is 25.5. The Bertz CT molecular complexity index is 329. The van der Waals surface area contributed by atoms with Crippen molar-refractivity contribution in [1.82, 2.24) is 9.97 Å². The van der Waals surface area contributed by atoms with Crippen LogP contribution in [0.15, 0.2) is 12.3 Å². The highest BCUT2D eigenvalue weighted by Gasteiger charge is 2.25. The molecule has 0 aliphatic heterocycles. The van der Waals surface area contributed by atoms with Crippen LogP contribution >= 0.6 is 11.6 Å². The van der Waals surface area contributed by atoms with Crippen molar-refractivity contribution in [2.24, 2.45) is 5.92 Å². The van der Waals surface area contributed by atoms with Crippen molar-refractivity contribution in [3.05, 3.63) is 17.5 Å². The van der Waals surface area contributed by atoms with Gasteiger partial charge in [0, 0.05) is 12.2 Å². The molecule has 2 unspecified atom stereocenters. The van der Waals surface area contributed by atoms with Crippen molar-refractivity contribution in [2.45, 2.75) is 38.6 Å². The van der Waals surface area contributed by atoms with Gasteiger partial charge in [-0.3, -0.25) is 0 Å². The van der Waals surface area contributed by atoms with Crippen LogP contribution in [0.2, 0.25) is 5.28 Å². The lowest BCUT2D eigenvalue weighted by Gasteiger charge is -2.19. The molecular formula is C11H16ClN3. The monoisotopic (exact) mass is 225 g/mol. The fourth-order valence-electron chi connectivity index (χ4n) is 2.32. The fraction of sp³-hybridized carbons (Fsp3) is 0.636. The van der Waals surface area contributed by atoms with Crippen molar-refractivity contribution < 1.29 is 0 Å². The summed E-state index contributed by atoms with van der Waals surface area (Å²) in [5.41, 5.74) is 0. The number of hydrogen-bond acceptors (Lipinski definition) is 3. The molecule has 1 aliphatic rings. The molecule has 3 nitrogen and oxygen atoms in total. The topological polar surface area (TPSA) is 37.8 Å². The van der Waals surface area contributed by atoms with Crippen LogP contribution in [-0.4, -0.2) is 16.0 Å². The Hall–Kier alpha value is -0.830. The van der Waals surface area contributed by atoms with Gasteiger partial charge in [-0.2, -0.15) is 0 Å². The van der Waals surface area contributed by atoms with Gasteiger partial charge in [-0.05, 0) is 36.4 Å². The van der Waals surface area contributed by atoms with E-state index < -0.39 is 0 Å². The van der Waals surface area contributed by atoms with Gasteiger partial charge in [-0.25, -0.2) is 9.97 Å². The molecule has 1 N–H and O–H groups in total. The molecule has 0 saturated heterocycles. The fourth-order valence-corrected chi connectivity index (χ4v) is 2.47. The third-order valence-corrected chi connectivity index (χ3v) is 3.33. The third kappa shape index (κ3) is 2.59. The van der Waals surface area contributed by atoms with Gasteiger partial charge in [0.2, 0.25) is 5.28 Å². The molecule has 0 radical (unpaired) electrons. The van der Waals surface area contributed by atoms with Crippen LogP contribution in [0, 0.1) is 5.92 Å². The van der Waals surface area contributed by atoms with Gasteiger partial charge < -0.3 is 5.32 Å². The van der Waals surface area contributed by atoms with Crippen molar-refractivity contribution in [1.29, 1.82) is 0 Å². The second-order valence-corrected chi connectivity index (χ2v) is 4.40. The lowest BCUT2D eigenvalue weighted by molar-refractivity contribution is 0.488. The molecule has 1 heterocycles. The summed E-state index contributed by atoms with van der Waals surface area (Å²) in [5, 5.41) is 3.76. The number of nitrogens with zero attached hydrogens (tertiary/aromatic N) is 2. The molecule has 4 heteroatoms. The van der Waals surface area contributed by atoms with Gasteiger partial charge in [0.05, 0.1) is 0 Å². The molecule has 15 heavy (non-hydrogen) atoms. The quantitative estimate of drug-likeness (QED) is 0.804. The van der Waals surface area contributed by atoms with Crippen molar-refractivity contribution >= 4 is 17.4 Å². The number of hydrogen-bond donors (Lipinski definition) is 1. The largest absolute Gasteiger partial charge is 0.367 e. The summed E-state index contributed by atoms with van der Waals surface area (Å²) in [6.07, 6.45) is 6.80. The summed E-state index contributed by atoms with van der Waals surface area (Å²) in [7, 11) is 0. The summed E-state index contributed by atoms with van der Waals surface area (Å²) >= 11 is 5.74. The first-order chi connectivity index (χ1) is 7.29. The molecule has 1 fully saturated rings. The molecule has 2 rings (SSSR count). The van der Waals surface area contributed by atoms with Gasteiger partial charge >= 0.3 is 0 Å². The first-order valence-electron chi connectivity index (χ1n) is 5.54. The second kappa shape index (κ2) is 4.79. The summed E-state index contributed by atoms with van der Waals surface area (Å²) < 4.78 is 0. The molecule has 1 aliphatic carbocycles. The third-order valence-electron chi connectivity index (χ3n) is 3.14. The maximum Gasteiger partial charge on any atom is 0.224 e. The minimum Gasteiger partial charge on any atom is -0.367 e. The van der Waals surface area contributed by atoms with Crippen LogP contribution in [0.1, 0.15) is 32.6 Å². The Balaban J connectivity index is 2.02. The molecule has 0 aromatic carbocycles. The van der Waals surface area contributed by atoms with E-state index in [0.29, 0.717) is 11.3 Å². The molecule has 1 aromatic rings. The molecular weight excluding hydrogens is 210 g/mol. The van der Waals surface area contributed by atoms with E-state index in [0.717, 1.165) is 11.7 Å². The van der Waals surface area contributed by atoms with Crippen molar-refractivity contribution in [2.75, 3.05) is 5.32 Å². The molecule has 0 spiro atoms. The highest BCUT2D eigenvalue weighted by atomic mass is 35.5. The molecule has 1 aromatic heterocycles. The minimum atomic E-state index is 0.311. The van der Waals surface area contributed by atoms with Gasteiger partial charge in [0.1, 0.15) is 5.82 Å². The summed E-state index contributed by atoms with van der Waals surface area (Å²) in [6, 6.07) is 2.43.